The minimum atomic E-state index is -0.263. The molecule has 2 aromatic rings. The van der Waals surface area contributed by atoms with E-state index < -0.39 is 0 Å². The van der Waals surface area contributed by atoms with Crippen LogP contribution < -0.4 is 5.73 Å². The third-order valence-electron chi connectivity index (χ3n) is 2.26. The number of nitrogens with two attached hydrogens (primary N) is 1. The Morgan fingerprint density at radius 1 is 1.33 bits per heavy atom. The van der Waals surface area contributed by atoms with E-state index >= 15 is 0 Å². The van der Waals surface area contributed by atoms with E-state index in [-0.39, 0.29) is 12.4 Å². The number of rotatable bonds is 3. The van der Waals surface area contributed by atoms with E-state index in [0.29, 0.717) is 0 Å². The highest BCUT2D eigenvalue weighted by atomic mass is 32.2. The zero-order valence-corrected chi connectivity index (χ0v) is 11.3. The summed E-state index contributed by atoms with van der Waals surface area (Å²) in [6.07, 6.45) is 0. The SMILES string of the molecule is NCC#Cc1cc(F)ccc1CSc1cccs1. The van der Waals surface area contributed by atoms with Crippen molar-refractivity contribution in [2.45, 2.75) is 9.96 Å². The van der Waals surface area contributed by atoms with Gasteiger partial charge >= 0.3 is 0 Å². The van der Waals surface area contributed by atoms with Gasteiger partial charge in [0.1, 0.15) is 5.82 Å². The van der Waals surface area contributed by atoms with Gasteiger partial charge in [0.15, 0.2) is 0 Å². The molecule has 0 aliphatic rings. The summed E-state index contributed by atoms with van der Waals surface area (Å²) >= 11 is 3.43. The molecule has 0 radical (unpaired) electrons. The van der Waals surface area contributed by atoms with Gasteiger partial charge in [-0.15, -0.1) is 23.1 Å². The standard InChI is InChI=1S/C14H12FNS2/c15-13-6-5-12(11(9-13)3-1-7-16)10-18-14-4-2-8-17-14/h2,4-6,8-9H,7,10,16H2. The molecular weight excluding hydrogens is 265 g/mol. The lowest BCUT2D eigenvalue weighted by atomic mass is 10.1. The van der Waals surface area contributed by atoms with Crippen LogP contribution in [0, 0.1) is 17.7 Å². The highest BCUT2D eigenvalue weighted by Gasteiger charge is 2.03. The van der Waals surface area contributed by atoms with Gasteiger partial charge in [0, 0.05) is 11.3 Å². The molecule has 0 saturated heterocycles. The van der Waals surface area contributed by atoms with Crippen molar-refractivity contribution < 1.29 is 4.39 Å². The van der Waals surface area contributed by atoms with Crippen LogP contribution in [-0.4, -0.2) is 6.54 Å². The van der Waals surface area contributed by atoms with Gasteiger partial charge in [0.2, 0.25) is 0 Å². The summed E-state index contributed by atoms with van der Waals surface area (Å²) in [6, 6.07) is 8.82. The van der Waals surface area contributed by atoms with Gasteiger partial charge in [0.05, 0.1) is 10.8 Å². The Balaban J connectivity index is 2.16. The lowest BCUT2D eigenvalue weighted by Crippen LogP contribution is -1.94. The molecule has 0 aliphatic heterocycles. The first-order valence-corrected chi connectivity index (χ1v) is 7.30. The predicted octanol–water partition coefficient (Wildman–Crippen LogP) is 3.49. The highest BCUT2D eigenvalue weighted by Crippen LogP contribution is 2.28. The number of thioether (sulfide) groups is 1. The Kier molecular flexibility index (Phi) is 4.82. The molecule has 0 aliphatic carbocycles. The largest absolute Gasteiger partial charge is 0.320 e. The molecule has 1 nitrogen and oxygen atoms in total. The molecule has 0 bridgehead atoms. The zero-order valence-electron chi connectivity index (χ0n) is 9.65. The molecule has 2 N–H and O–H groups in total. The van der Waals surface area contributed by atoms with Crippen molar-refractivity contribution in [1.29, 1.82) is 0 Å². The number of hydrogen-bond acceptors (Lipinski definition) is 3. The number of halogens is 1. The molecule has 4 heteroatoms. The van der Waals surface area contributed by atoms with Gasteiger partial charge in [-0.25, -0.2) is 4.39 Å². The number of thiophene rings is 1. The Bertz CT molecular complexity index is 567. The summed E-state index contributed by atoms with van der Waals surface area (Å²) in [5.41, 5.74) is 7.11. The fourth-order valence-corrected chi connectivity index (χ4v) is 3.22. The quantitative estimate of drug-likeness (QED) is 0.686. The summed E-state index contributed by atoms with van der Waals surface area (Å²) in [7, 11) is 0. The zero-order chi connectivity index (χ0) is 12.8. The average molecular weight is 277 g/mol. The molecule has 0 amide bonds. The van der Waals surface area contributed by atoms with E-state index in [0.717, 1.165) is 16.9 Å². The maximum atomic E-state index is 13.2. The molecule has 2 rings (SSSR count). The van der Waals surface area contributed by atoms with Gasteiger partial charge in [0.25, 0.3) is 0 Å². The van der Waals surface area contributed by atoms with E-state index in [1.165, 1.54) is 16.3 Å². The Morgan fingerprint density at radius 2 is 2.22 bits per heavy atom. The van der Waals surface area contributed by atoms with Crippen LogP contribution in [-0.2, 0) is 5.75 Å². The van der Waals surface area contributed by atoms with Crippen molar-refractivity contribution in [2.24, 2.45) is 5.73 Å². The normalized spacial score (nSPS) is 9.89. The van der Waals surface area contributed by atoms with Gasteiger partial charge in [-0.2, -0.15) is 0 Å². The Labute approximate surface area is 114 Å². The summed E-state index contributed by atoms with van der Waals surface area (Å²) in [5.74, 6) is 6.21. The lowest BCUT2D eigenvalue weighted by molar-refractivity contribution is 0.627. The molecule has 0 fully saturated rings. The minimum absolute atomic E-state index is 0.263. The lowest BCUT2D eigenvalue weighted by Gasteiger charge is -2.03. The van der Waals surface area contributed by atoms with Crippen molar-refractivity contribution in [3.05, 3.63) is 52.7 Å². The van der Waals surface area contributed by atoms with Crippen LogP contribution in [0.25, 0.3) is 0 Å². The van der Waals surface area contributed by atoms with Gasteiger partial charge in [-0.1, -0.05) is 24.0 Å². The molecule has 0 atom stereocenters. The third kappa shape index (κ3) is 3.61. The van der Waals surface area contributed by atoms with Crippen LogP contribution in [0.1, 0.15) is 11.1 Å². The van der Waals surface area contributed by atoms with Crippen LogP contribution in [0.3, 0.4) is 0 Å². The second-order valence-electron chi connectivity index (χ2n) is 3.53. The van der Waals surface area contributed by atoms with E-state index in [9.17, 15) is 4.39 Å². The topological polar surface area (TPSA) is 26.0 Å². The molecule has 18 heavy (non-hydrogen) atoms. The van der Waals surface area contributed by atoms with Crippen molar-refractivity contribution >= 4 is 23.1 Å². The average Bonchev–Trinajstić information content (AvgIpc) is 2.88. The summed E-state index contributed by atoms with van der Waals surface area (Å²) in [6.45, 7) is 0.286. The molecule has 1 aromatic carbocycles. The van der Waals surface area contributed by atoms with Crippen molar-refractivity contribution in [3.8, 4) is 11.8 Å². The predicted molar refractivity (Wildman–Crippen MR) is 76.2 cm³/mol. The van der Waals surface area contributed by atoms with Crippen LogP contribution in [0.4, 0.5) is 4.39 Å². The van der Waals surface area contributed by atoms with E-state index in [2.05, 4.69) is 17.9 Å². The molecule has 1 aromatic heterocycles. The fourth-order valence-electron chi connectivity index (χ4n) is 1.43. The molecule has 0 unspecified atom stereocenters. The minimum Gasteiger partial charge on any atom is -0.320 e. The van der Waals surface area contributed by atoms with E-state index in [1.807, 2.05) is 11.4 Å². The highest BCUT2D eigenvalue weighted by molar-refractivity contribution is 8.00. The van der Waals surface area contributed by atoms with Gasteiger partial charge in [-0.3, -0.25) is 0 Å². The first-order chi connectivity index (χ1) is 8.79. The van der Waals surface area contributed by atoms with Gasteiger partial charge < -0.3 is 5.73 Å². The van der Waals surface area contributed by atoms with Crippen LogP contribution in [0.15, 0.2) is 39.9 Å². The number of hydrogen-bond donors (Lipinski definition) is 1. The third-order valence-corrected chi connectivity index (χ3v) is 4.44. The fraction of sp³-hybridized carbons (Fsp3) is 0.143. The van der Waals surface area contributed by atoms with E-state index in [4.69, 9.17) is 5.73 Å². The molecule has 92 valence electrons. The summed E-state index contributed by atoms with van der Waals surface area (Å²) in [4.78, 5) is 0. The molecule has 1 heterocycles. The van der Waals surface area contributed by atoms with Crippen molar-refractivity contribution in [1.82, 2.24) is 0 Å². The second kappa shape index (κ2) is 6.60. The Hall–Kier alpha value is -1.28. The summed E-state index contributed by atoms with van der Waals surface area (Å²) in [5, 5.41) is 2.04. The van der Waals surface area contributed by atoms with Crippen LogP contribution >= 0.6 is 23.1 Å². The van der Waals surface area contributed by atoms with Crippen molar-refractivity contribution in [3.63, 3.8) is 0 Å². The van der Waals surface area contributed by atoms with Crippen LogP contribution in [0.5, 0.6) is 0 Å². The van der Waals surface area contributed by atoms with Crippen molar-refractivity contribution in [2.75, 3.05) is 6.54 Å². The molecular formula is C14H12FNS2. The van der Waals surface area contributed by atoms with Gasteiger partial charge in [-0.05, 0) is 29.1 Å². The number of benzene rings is 1. The first kappa shape index (κ1) is 13.2. The maximum Gasteiger partial charge on any atom is 0.124 e. The van der Waals surface area contributed by atoms with Crippen LogP contribution in [0.2, 0.25) is 0 Å². The smallest absolute Gasteiger partial charge is 0.124 e. The molecule has 0 saturated carbocycles. The first-order valence-electron chi connectivity index (χ1n) is 5.43. The second-order valence-corrected chi connectivity index (χ2v) is 5.75. The van der Waals surface area contributed by atoms with E-state index in [1.54, 1.807) is 29.2 Å². The maximum absolute atomic E-state index is 13.2. The summed E-state index contributed by atoms with van der Waals surface area (Å²) < 4.78 is 14.4. The monoisotopic (exact) mass is 277 g/mol. The Morgan fingerprint density at radius 3 is 2.94 bits per heavy atom. The molecule has 0 spiro atoms.